The Morgan fingerprint density at radius 3 is 2.79 bits per heavy atom. The van der Waals surface area contributed by atoms with Crippen molar-refractivity contribution in [3.8, 4) is 0 Å². The molecule has 0 spiro atoms. The summed E-state index contributed by atoms with van der Waals surface area (Å²) in [5, 5.41) is 2.12. The van der Waals surface area contributed by atoms with E-state index in [-0.39, 0.29) is 0 Å². The zero-order chi connectivity index (χ0) is 13.2. The summed E-state index contributed by atoms with van der Waals surface area (Å²) in [7, 11) is 0. The molecular weight excluding hydrogens is 322 g/mol. The molecule has 0 atom stereocenters. The molecule has 0 N–H and O–H groups in total. The number of hydrogen-bond donors (Lipinski definition) is 0. The van der Waals surface area contributed by atoms with E-state index in [1.54, 1.807) is 11.3 Å². The van der Waals surface area contributed by atoms with E-state index in [2.05, 4.69) is 44.4 Å². The zero-order valence-corrected chi connectivity index (χ0v) is 12.8. The number of benzene rings is 1. The molecule has 0 aliphatic heterocycles. The normalized spacial score (nSPS) is 14.4. The predicted octanol–water partition coefficient (Wildman–Crippen LogP) is 4.49. The number of carbonyl (C=O) groups excluding carboxylic acids is 1. The van der Waals surface area contributed by atoms with E-state index in [0.717, 1.165) is 17.3 Å². The Balaban J connectivity index is 1.87. The Morgan fingerprint density at radius 1 is 1.37 bits per heavy atom. The molecule has 98 valence electrons. The molecule has 0 unspecified atom stereocenters. The molecule has 0 saturated heterocycles. The number of nitrogens with zero attached hydrogens (tertiary/aromatic N) is 1. The van der Waals surface area contributed by atoms with Gasteiger partial charge in [0.2, 0.25) is 0 Å². The van der Waals surface area contributed by atoms with E-state index in [1.807, 2.05) is 12.1 Å². The van der Waals surface area contributed by atoms with Crippen molar-refractivity contribution >= 4 is 39.2 Å². The molecule has 2 nitrogen and oxygen atoms in total. The molecular formula is C15H14BrNOS. The monoisotopic (exact) mass is 335 g/mol. The first kappa shape index (κ1) is 12.9. The van der Waals surface area contributed by atoms with Crippen molar-refractivity contribution in [2.45, 2.75) is 25.4 Å². The van der Waals surface area contributed by atoms with Crippen LogP contribution in [0.5, 0.6) is 0 Å². The molecule has 1 fully saturated rings. The Kier molecular flexibility index (Phi) is 3.71. The number of aldehydes is 1. The van der Waals surface area contributed by atoms with Crippen LogP contribution < -0.4 is 4.90 Å². The second-order valence-corrected chi connectivity index (χ2v) is 6.65. The molecule has 1 aromatic carbocycles. The van der Waals surface area contributed by atoms with Crippen molar-refractivity contribution in [2.75, 3.05) is 4.90 Å². The fourth-order valence-electron chi connectivity index (χ4n) is 2.18. The number of anilines is 1. The largest absolute Gasteiger partial charge is 0.363 e. The summed E-state index contributed by atoms with van der Waals surface area (Å²) >= 11 is 5.26. The number of carbonyl (C=O) groups is 1. The molecule has 3 rings (SSSR count). The van der Waals surface area contributed by atoms with Crippen LogP contribution in [0.4, 0.5) is 5.69 Å². The van der Waals surface area contributed by atoms with Crippen molar-refractivity contribution < 1.29 is 4.79 Å². The lowest BCUT2D eigenvalue weighted by molar-refractivity contribution is 0.112. The molecule has 1 aliphatic carbocycles. The summed E-state index contributed by atoms with van der Waals surface area (Å²) in [6.45, 7) is 0.954. The Labute approximate surface area is 125 Å². The first-order valence-electron chi connectivity index (χ1n) is 6.31. The second-order valence-electron chi connectivity index (χ2n) is 4.76. The molecule has 0 bridgehead atoms. The molecule has 4 heteroatoms. The van der Waals surface area contributed by atoms with Gasteiger partial charge in [0.1, 0.15) is 0 Å². The molecule has 1 saturated carbocycles. The van der Waals surface area contributed by atoms with Gasteiger partial charge in [-0.1, -0.05) is 6.07 Å². The van der Waals surface area contributed by atoms with Crippen molar-refractivity contribution in [3.63, 3.8) is 0 Å². The smallest absolute Gasteiger partial charge is 0.151 e. The standard InChI is InChI=1S/C15H14BrNOS/c16-15-8-13(4-3-11(15)10-18)17(12-5-6-12)9-14-2-1-7-19-14/h1-4,7-8,10,12H,5-6,9H2. The van der Waals surface area contributed by atoms with Gasteiger partial charge >= 0.3 is 0 Å². The van der Waals surface area contributed by atoms with Gasteiger partial charge in [-0.3, -0.25) is 4.79 Å². The van der Waals surface area contributed by atoms with Crippen molar-refractivity contribution in [2.24, 2.45) is 0 Å². The van der Waals surface area contributed by atoms with Crippen molar-refractivity contribution in [3.05, 3.63) is 50.6 Å². The van der Waals surface area contributed by atoms with Crippen molar-refractivity contribution in [1.29, 1.82) is 0 Å². The Hall–Kier alpha value is -1.13. The first-order valence-corrected chi connectivity index (χ1v) is 7.99. The highest BCUT2D eigenvalue weighted by atomic mass is 79.9. The number of rotatable bonds is 5. The van der Waals surface area contributed by atoms with Gasteiger partial charge < -0.3 is 4.90 Å². The first-order chi connectivity index (χ1) is 9.28. The molecule has 2 aromatic rings. The second kappa shape index (κ2) is 5.47. The Bertz CT molecular complexity index is 578. The van der Waals surface area contributed by atoms with Gasteiger partial charge in [0.15, 0.2) is 6.29 Å². The lowest BCUT2D eigenvalue weighted by atomic mass is 10.2. The topological polar surface area (TPSA) is 20.3 Å². The van der Waals surface area contributed by atoms with Gasteiger partial charge in [0.05, 0.1) is 6.54 Å². The van der Waals surface area contributed by atoms with Crippen LogP contribution in [-0.2, 0) is 6.54 Å². The van der Waals surface area contributed by atoms with Crippen LogP contribution in [-0.4, -0.2) is 12.3 Å². The minimum absolute atomic E-state index is 0.649. The summed E-state index contributed by atoms with van der Waals surface area (Å²) in [5.41, 5.74) is 1.89. The van der Waals surface area contributed by atoms with Crippen LogP contribution >= 0.6 is 27.3 Å². The lowest BCUT2D eigenvalue weighted by Gasteiger charge is -2.24. The van der Waals surface area contributed by atoms with E-state index >= 15 is 0 Å². The number of hydrogen-bond acceptors (Lipinski definition) is 3. The summed E-state index contributed by atoms with van der Waals surface area (Å²) < 4.78 is 0.872. The third-order valence-corrected chi connectivity index (χ3v) is 4.88. The minimum atomic E-state index is 0.649. The molecule has 19 heavy (non-hydrogen) atoms. The van der Waals surface area contributed by atoms with Gasteiger partial charge in [-0.2, -0.15) is 0 Å². The van der Waals surface area contributed by atoms with Crippen LogP contribution in [0.15, 0.2) is 40.2 Å². The third kappa shape index (κ3) is 2.90. The van der Waals surface area contributed by atoms with Gasteiger partial charge in [0.25, 0.3) is 0 Å². The molecule has 1 heterocycles. The molecule has 1 aliphatic rings. The van der Waals surface area contributed by atoms with E-state index in [1.165, 1.54) is 23.4 Å². The van der Waals surface area contributed by atoms with E-state index in [0.29, 0.717) is 11.6 Å². The van der Waals surface area contributed by atoms with E-state index in [9.17, 15) is 4.79 Å². The fourth-order valence-corrected chi connectivity index (χ4v) is 3.34. The highest BCUT2D eigenvalue weighted by Gasteiger charge is 2.29. The maximum Gasteiger partial charge on any atom is 0.151 e. The maximum absolute atomic E-state index is 10.9. The molecule has 1 aromatic heterocycles. The van der Waals surface area contributed by atoms with Gasteiger partial charge in [0, 0.05) is 26.6 Å². The number of thiophene rings is 1. The van der Waals surface area contributed by atoms with E-state index < -0.39 is 0 Å². The van der Waals surface area contributed by atoms with Crippen LogP contribution in [0.25, 0.3) is 0 Å². The lowest BCUT2D eigenvalue weighted by Crippen LogP contribution is -2.24. The summed E-state index contributed by atoms with van der Waals surface area (Å²) in [6, 6.07) is 10.9. The van der Waals surface area contributed by atoms with Gasteiger partial charge in [-0.05, 0) is 58.4 Å². The van der Waals surface area contributed by atoms with Gasteiger partial charge in [-0.25, -0.2) is 0 Å². The highest BCUT2D eigenvalue weighted by molar-refractivity contribution is 9.10. The van der Waals surface area contributed by atoms with E-state index in [4.69, 9.17) is 0 Å². The highest BCUT2D eigenvalue weighted by Crippen LogP contribution is 2.35. The third-order valence-electron chi connectivity index (χ3n) is 3.34. The molecule has 0 amide bonds. The summed E-state index contributed by atoms with van der Waals surface area (Å²) in [6.07, 6.45) is 3.41. The average molecular weight is 336 g/mol. The summed E-state index contributed by atoms with van der Waals surface area (Å²) in [4.78, 5) is 14.7. The van der Waals surface area contributed by atoms with Crippen LogP contribution in [0.2, 0.25) is 0 Å². The summed E-state index contributed by atoms with van der Waals surface area (Å²) in [5.74, 6) is 0. The minimum Gasteiger partial charge on any atom is -0.363 e. The van der Waals surface area contributed by atoms with Gasteiger partial charge in [-0.15, -0.1) is 11.3 Å². The average Bonchev–Trinajstić information content (AvgIpc) is 3.13. The zero-order valence-electron chi connectivity index (χ0n) is 10.4. The predicted molar refractivity (Wildman–Crippen MR) is 83.1 cm³/mol. The molecule has 0 radical (unpaired) electrons. The fraction of sp³-hybridized carbons (Fsp3) is 0.267. The van der Waals surface area contributed by atoms with Crippen molar-refractivity contribution in [1.82, 2.24) is 0 Å². The quantitative estimate of drug-likeness (QED) is 0.750. The number of halogens is 1. The maximum atomic E-state index is 10.9. The van der Waals surface area contributed by atoms with Crippen LogP contribution in [0.3, 0.4) is 0 Å². The van der Waals surface area contributed by atoms with Crippen LogP contribution in [0, 0.1) is 0 Å². The Morgan fingerprint density at radius 2 is 2.21 bits per heavy atom. The SMILES string of the molecule is O=Cc1ccc(N(Cc2cccs2)C2CC2)cc1Br. The van der Waals surface area contributed by atoms with Crippen LogP contribution in [0.1, 0.15) is 28.1 Å².